The smallest absolute Gasteiger partial charge is 0.169 e. The van der Waals surface area contributed by atoms with Gasteiger partial charge in [-0.25, -0.2) is 4.98 Å². The molecule has 0 aromatic carbocycles. The zero-order chi connectivity index (χ0) is 8.81. The van der Waals surface area contributed by atoms with Crippen molar-refractivity contribution in [3.05, 3.63) is 22.2 Å². The Morgan fingerprint density at radius 1 is 1.67 bits per heavy atom. The molecule has 64 valence electrons. The van der Waals surface area contributed by atoms with Crippen molar-refractivity contribution in [2.45, 2.75) is 6.42 Å². The number of allylic oxidation sites excluding steroid dienone is 1. The van der Waals surface area contributed by atoms with E-state index in [0.29, 0.717) is 11.6 Å². The summed E-state index contributed by atoms with van der Waals surface area (Å²) in [7, 11) is 0. The van der Waals surface area contributed by atoms with Crippen molar-refractivity contribution < 1.29 is 4.79 Å². The van der Waals surface area contributed by atoms with Gasteiger partial charge in [-0.15, -0.1) is 22.9 Å². The average Bonchev–Trinajstić information content (AvgIpc) is 2.53. The van der Waals surface area contributed by atoms with Crippen molar-refractivity contribution in [1.82, 2.24) is 4.98 Å². The first-order valence-electron chi connectivity index (χ1n) is 3.50. The summed E-state index contributed by atoms with van der Waals surface area (Å²) in [6.07, 6.45) is 5.40. The summed E-state index contributed by atoms with van der Waals surface area (Å²) in [4.78, 5) is 14.3. The third kappa shape index (κ3) is 2.75. The lowest BCUT2D eigenvalue weighted by atomic mass is 10.4. The number of hydrogen-bond acceptors (Lipinski definition) is 3. The highest BCUT2D eigenvalue weighted by atomic mass is 35.5. The Morgan fingerprint density at radius 3 is 3.08 bits per heavy atom. The maximum atomic E-state index is 10.2. The van der Waals surface area contributed by atoms with Crippen molar-refractivity contribution in [2.75, 3.05) is 5.88 Å². The molecule has 4 heteroatoms. The summed E-state index contributed by atoms with van der Waals surface area (Å²) in [6.45, 7) is 0. The number of alkyl halides is 1. The first-order valence-corrected chi connectivity index (χ1v) is 4.91. The van der Waals surface area contributed by atoms with Crippen LogP contribution in [0.25, 0.3) is 6.08 Å². The molecule has 0 spiro atoms. The SMILES string of the molecule is O=Cc1csc(C=CCCCl)n1. The minimum absolute atomic E-state index is 0.491. The molecule has 1 rings (SSSR count). The number of carbonyl (C=O) groups is 1. The zero-order valence-electron chi connectivity index (χ0n) is 6.37. The van der Waals surface area contributed by atoms with Gasteiger partial charge >= 0.3 is 0 Å². The number of nitrogens with zero attached hydrogens (tertiary/aromatic N) is 1. The van der Waals surface area contributed by atoms with E-state index in [1.165, 1.54) is 11.3 Å². The Balaban J connectivity index is 2.57. The fraction of sp³-hybridized carbons (Fsp3) is 0.250. The first-order chi connectivity index (χ1) is 5.86. The maximum absolute atomic E-state index is 10.2. The van der Waals surface area contributed by atoms with E-state index >= 15 is 0 Å². The number of aldehydes is 1. The summed E-state index contributed by atoms with van der Waals surface area (Å²) in [5.41, 5.74) is 0.491. The molecule has 0 aliphatic heterocycles. The van der Waals surface area contributed by atoms with E-state index < -0.39 is 0 Å². The van der Waals surface area contributed by atoms with Crippen LogP contribution in [0, 0.1) is 0 Å². The van der Waals surface area contributed by atoms with Crippen LogP contribution in [0.2, 0.25) is 0 Å². The Hall–Kier alpha value is -0.670. The number of rotatable bonds is 4. The lowest BCUT2D eigenvalue weighted by molar-refractivity contribution is 0.111. The van der Waals surface area contributed by atoms with Gasteiger partial charge < -0.3 is 0 Å². The standard InChI is InChI=1S/C8H8ClNOS/c9-4-2-1-3-8-10-7(5-11)6-12-8/h1,3,5-6H,2,4H2. The van der Waals surface area contributed by atoms with Gasteiger partial charge in [0.1, 0.15) is 10.7 Å². The van der Waals surface area contributed by atoms with Crippen LogP contribution in [-0.4, -0.2) is 17.2 Å². The van der Waals surface area contributed by atoms with Gasteiger partial charge in [-0.2, -0.15) is 0 Å². The topological polar surface area (TPSA) is 30.0 Å². The third-order valence-electron chi connectivity index (χ3n) is 1.20. The van der Waals surface area contributed by atoms with E-state index in [1.54, 1.807) is 5.38 Å². The molecule has 0 atom stereocenters. The highest BCUT2D eigenvalue weighted by Crippen LogP contribution is 2.10. The molecular formula is C8H8ClNOS. The van der Waals surface area contributed by atoms with Crippen molar-refractivity contribution in [3.63, 3.8) is 0 Å². The van der Waals surface area contributed by atoms with E-state index in [-0.39, 0.29) is 0 Å². The van der Waals surface area contributed by atoms with E-state index in [1.807, 2.05) is 12.2 Å². The molecule has 0 aliphatic carbocycles. The summed E-state index contributed by atoms with van der Waals surface area (Å²) in [5, 5.41) is 2.58. The van der Waals surface area contributed by atoms with Crippen LogP contribution in [-0.2, 0) is 0 Å². The summed E-state index contributed by atoms with van der Waals surface area (Å²) in [5.74, 6) is 0.614. The Kier molecular flexibility index (Phi) is 3.97. The van der Waals surface area contributed by atoms with Gasteiger partial charge in [-0.1, -0.05) is 6.08 Å². The van der Waals surface area contributed by atoms with Crippen molar-refractivity contribution in [2.24, 2.45) is 0 Å². The van der Waals surface area contributed by atoms with Crippen LogP contribution in [0.5, 0.6) is 0 Å². The first kappa shape index (κ1) is 9.42. The molecule has 12 heavy (non-hydrogen) atoms. The lowest BCUT2D eigenvalue weighted by Gasteiger charge is -1.81. The molecule has 0 unspecified atom stereocenters. The predicted octanol–water partition coefficient (Wildman–Crippen LogP) is 2.60. The number of carbonyl (C=O) groups excluding carboxylic acids is 1. The molecule has 0 bridgehead atoms. The van der Waals surface area contributed by atoms with Gasteiger partial charge in [0.05, 0.1) is 0 Å². The van der Waals surface area contributed by atoms with Gasteiger partial charge in [-0.3, -0.25) is 4.79 Å². The Morgan fingerprint density at radius 2 is 2.50 bits per heavy atom. The number of thiazole rings is 1. The Bertz CT molecular complexity index is 282. The molecule has 1 aromatic heterocycles. The fourth-order valence-corrected chi connectivity index (χ4v) is 1.49. The molecule has 2 nitrogen and oxygen atoms in total. The molecule has 0 saturated heterocycles. The number of aromatic nitrogens is 1. The van der Waals surface area contributed by atoms with Gasteiger partial charge in [0.25, 0.3) is 0 Å². The molecule has 1 aromatic rings. The summed E-state index contributed by atoms with van der Waals surface area (Å²) < 4.78 is 0. The molecule has 0 amide bonds. The van der Waals surface area contributed by atoms with Crippen LogP contribution >= 0.6 is 22.9 Å². The lowest BCUT2D eigenvalue weighted by Crippen LogP contribution is -1.77. The molecule has 0 N–H and O–H groups in total. The summed E-state index contributed by atoms with van der Waals surface area (Å²) in [6, 6.07) is 0. The van der Waals surface area contributed by atoms with Gasteiger partial charge in [0.2, 0.25) is 0 Å². The minimum atomic E-state index is 0.491. The number of hydrogen-bond donors (Lipinski definition) is 0. The molecular weight excluding hydrogens is 194 g/mol. The highest BCUT2D eigenvalue weighted by Gasteiger charge is 1.95. The molecule has 0 saturated carbocycles. The summed E-state index contributed by atoms with van der Waals surface area (Å²) >= 11 is 6.93. The number of halogens is 1. The van der Waals surface area contributed by atoms with Gasteiger partial charge in [0.15, 0.2) is 6.29 Å². The van der Waals surface area contributed by atoms with Crippen molar-refractivity contribution in [3.8, 4) is 0 Å². The average molecular weight is 202 g/mol. The minimum Gasteiger partial charge on any atom is -0.296 e. The predicted molar refractivity (Wildman–Crippen MR) is 51.9 cm³/mol. The van der Waals surface area contributed by atoms with Crippen LogP contribution < -0.4 is 0 Å². The fourth-order valence-electron chi connectivity index (χ4n) is 0.679. The van der Waals surface area contributed by atoms with E-state index in [4.69, 9.17) is 11.6 Å². The van der Waals surface area contributed by atoms with Crippen molar-refractivity contribution >= 4 is 35.3 Å². The largest absolute Gasteiger partial charge is 0.296 e. The monoisotopic (exact) mass is 201 g/mol. The second-order valence-electron chi connectivity index (χ2n) is 2.11. The van der Waals surface area contributed by atoms with Gasteiger partial charge in [-0.05, 0) is 12.5 Å². The van der Waals surface area contributed by atoms with Gasteiger partial charge in [0, 0.05) is 11.3 Å². The molecule has 0 aliphatic rings. The Labute approximate surface area is 79.9 Å². The van der Waals surface area contributed by atoms with Crippen LogP contribution in [0.15, 0.2) is 11.5 Å². The van der Waals surface area contributed by atoms with Crippen LogP contribution in [0.3, 0.4) is 0 Å². The molecule has 0 radical (unpaired) electrons. The molecule has 0 fully saturated rings. The third-order valence-corrected chi connectivity index (χ3v) is 2.24. The second-order valence-corrected chi connectivity index (χ2v) is 3.38. The second kappa shape index (κ2) is 5.06. The normalized spacial score (nSPS) is 10.8. The maximum Gasteiger partial charge on any atom is 0.169 e. The highest BCUT2D eigenvalue weighted by molar-refractivity contribution is 7.10. The zero-order valence-corrected chi connectivity index (χ0v) is 7.94. The van der Waals surface area contributed by atoms with Crippen LogP contribution in [0.4, 0.5) is 0 Å². The van der Waals surface area contributed by atoms with Crippen LogP contribution in [0.1, 0.15) is 21.9 Å². The van der Waals surface area contributed by atoms with E-state index in [9.17, 15) is 4.79 Å². The molecule has 1 heterocycles. The van der Waals surface area contributed by atoms with E-state index in [2.05, 4.69) is 4.98 Å². The van der Waals surface area contributed by atoms with E-state index in [0.717, 1.165) is 17.7 Å². The van der Waals surface area contributed by atoms with Crippen molar-refractivity contribution in [1.29, 1.82) is 0 Å². The quantitative estimate of drug-likeness (QED) is 0.554.